The molecule has 0 saturated heterocycles. The molecule has 1 heterocycles. The highest BCUT2D eigenvalue weighted by Crippen LogP contribution is 2.15. The maximum atomic E-state index is 4.26. The van der Waals surface area contributed by atoms with Gasteiger partial charge in [0.15, 0.2) is 0 Å². The summed E-state index contributed by atoms with van der Waals surface area (Å²) in [6, 6.07) is 0. The van der Waals surface area contributed by atoms with Gasteiger partial charge >= 0.3 is 0 Å². The van der Waals surface area contributed by atoms with Crippen LogP contribution in [-0.4, -0.2) is 30.0 Å². The third-order valence-electron chi connectivity index (χ3n) is 1.95. The molecule has 0 fully saturated rings. The fraction of sp³-hybridized carbons (Fsp3) is 0.556. The van der Waals surface area contributed by atoms with E-state index in [1.165, 1.54) is 0 Å². The van der Waals surface area contributed by atoms with Gasteiger partial charge in [-0.2, -0.15) is 5.10 Å². The molecule has 4 heteroatoms. The normalized spacial score (nSPS) is 12.2. The quantitative estimate of drug-likeness (QED) is 0.693. The molecule has 1 aromatic heterocycles. The third kappa shape index (κ3) is 1.88. The Morgan fingerprint density at radius 2 is 2.31 bits per heavy atom. The van der Waals surface area contributed by atoms with Gasteiger partial charge in [0.2, 0.25) is 0 Å². The van der Waals surface area contributed by atoms with E-state index >= 15 is 0 Å². The smallest absolute Gasteiger partial charge is 0.130 e. The van der Waals surface area contributed by atoms with Crippen molar-refractivity contribution in [1.82, 2.24) is 10.2 Å². The number of anilines is 1. The van der Waals surface area contributed by atoms with Crippen molar-refractivity contribution in [2.75, 3.05) is 19.4 Å². The van der Waals surface area contributed by atoms with Crippen LogP contribution in [-0.2, 0) is 0 Å². The molecular formula is C9H16N4. The van der Waals surface area contributed by atoms with Gasteiger partial charge in [0, 0.05) is 19.8 Å². The van der Waals surface area contributed by atoms with Gasteiger partial charge in [0.05, 0.1) is 11.8 Å². The number of aromatic amines is 1. The second kappa shape index (κ2) is 4.07. The molecule has 0 amide bonds. The number of aromatic nitrogens is 2. The molecule has 0 radical (unpaired) electrons. The van der Waals surface area contributed by atoms with Crippen LogP contribution >= 0.6 is 0 Å². The number of aliphatic imine (C=N–C) groups is 1. The van der Waals surface area contributed by atoms with Gasteiger partial charge in [0.1, 0.15) is 5.82 Å². The van der Waals surface area contributed by atoms with E-state index in [2.05, 4.69) is 34.4 Å². The monoisotopic (exact) mass is 180 g/mol. The van der Waals surface area contributed by atoms with Crippen molar-refractivity contribution >= 4 is 11.5 Å². The molecule has 0 unspecified atom stereocenters. The zero-order valence-electron chi connectivity index (χ0n) is 8.55. The van der Waals surface area contributed by atoms with Crippen LogP contribution in [0.15, 0.2) is 11.2 Å². The largest absolute Gasteiger partial charge is 0.373 e. The molecule has 2 N–H and O–H groups in total. The summed E-state index contributed by atoms with van der Waals surface area (Å²) in [6.45, 7) is 4.24. The van der Waals surface area contributed by atoms with Crippen LogP contribution in [0.2, 0.25) is 0 Å². The van der Waals surface area contributed by atoms with E-state index in [4.69, 9.17) is 0 Å². The molecule has 0 aliphatic rings. The molecule has 1 aromatic rings. The van der Waals surface area contributed by atoms with E-state index < -0.39 is 0 Å². The zero-order valence-corrected chi connectivity index (χ0v) is 8.55. The van der Waals surface area contributed by atoms with E-state index in [1.54, 1.807) is 6.20 Å². The summed E-state index contributed by atoms with van der Waals surface area (Å²) in [5, 5.41) is 9.91. The molecule has 1 rings (SSSR count). The van der Waals surface area contributed by atoms with Crippen molar-refractivity contribution in [1.29, 1.82) is 0 Å². The van der Waals surface area contributed by atoms with Gasteiger partial charge in [-0.3, -0.25) is 10.1 Å². The Labute approximate surface area is 78.5 Å². The molecule has 4 nitrogen and oxygen atoms in total. The summed E-state index contributed by atoms with van der Waals surface area (Å²) < 4.78 is 0. The standard InChI is InChI=1S/C9H16N4/c1-6(2)8(10-3)7-5-12-13-9(7)11-4/h5-6H,1-4H3,(H2,11,12,13)/b10-8-. The summed E-state index contributed by atoms with van der Waals surface area (Å²) in [4.78, 5) is 4.26. The Morgan fingerprint density at radius 3 is 2.77 bits per heavy atom. The summed E-state index contributed by atoms with van der Waals surface area (Å²) in [5.74, 6) is 1.34. The Hall–Kier alpha value is -1.32. The number of nitrogens with one attached hydrogen (secondary N) is 2. The second-order valence-corrected chi connectivity index (χ2v) is 3.17. The Balaban J connectivity index is 3.05. The summed E-state index contributed by atoms with van der Waals surface area (Å²) in [5.41, 5.74) is 2.12. The molecule has 0 aliphatic heterocycles. The highest BCUT2D eigenvalue weighted by molar-refractivity contribution is 6.05. The predicted octanol–water partition coefficient (Wildman–Crippen LogP) is 1.53. The van der Waals surface area contributed by atoms with Crippen LogP contribution < -0.4 is 5.32 Å². The van der Waals surface area contributed by atoms with E-state index in [0.717, 1.165) is 17.1 Å². The van der Waals surface area contributed by atoms with E-state index in [1.807, 2.05) is 14.1 Å². The first kappa shape index (κ1) is 9.77. The summed E-state index contributed by atoms with van der Waals surface area (Å²) in [6.07, 6.45) is 1.80. The lowest BCUT2D eigenvalue weighted by atomic mass is 10.0. The van der Waals surface area contributed by atoms with Crippen molar-refractivity contribution < 1.29 is 0 Å². The zero-order chi connectivity index (χ0) is 9.84. The van der Waals surface area contributed by atoms with Crippen LogP contribution in [0.3, 0.4) is 0 Å². The minimum Gasteiger partial charge on any atom is -0.373 e. The van der Waals surface area contributed by atoms with Gasteiger partial charge in [-0.05, 0) is 5.92 Å². The van der Waals surface area contributed by atoms with Crippen LogP contribution in [0.25, 0.3) is 0 Å². The van der Waals surface area contributed by atoms with Crippen LogP contribution in [0.4, 0.5) is 5.82 Å². The van der Waals surface area contributed by atoms with Crippen LogP contribution in [0, 0.1) is 5.92 Å². The van der Waals surface area contributed by atoms with Gasteiger partial charge in [-0.15, -0.1) is 0 Å². The molecule has 72 valence electrons. The van der Waals surface area contributed by atoms with Crippen LogP contribution in [0.5, 0.6) is 0 Å². The molecule has 0 aromatic carbocycles. The lowest BCUT2D eigenvalue weighted by molar-refractivity contribution is 0.882. The Morgan fingerprint density at radius 1 is 1.62 bits per heavy atom. The fourth-order valence-corrected chi connectivity index (χ4v) is 1.36. The first-order valence-corrected chi connectivity index (χ1v) is 4.38. The van der Waals surface area contributed by atoms with Gasteiger partial charge in [-0.1, -0.05) is 13.8 Å². The Kier molecular flexibility index (Phi) is 3.06. The third-order valence-corrected chi connectivity index (χ3v) is 1.95. The number of hydrogen-bond donors (Lipinski definition) is 2. The molecule has 0 spiro atoms. The molecule has 0 atom stereocenters. The highest BCUT2D eigenvalue weighted by atomic mass is 15.2. The summed E-state index contributed by atoms with van der Waals surface area (Å²) >= 11 is 0. The van der Waals surface area contributed by atoms with Crippen molar-refractivity contribution in [3.05, 3.63) is 11.8 Å². The second-order valence-electron chi connectivity index (χ2n) is 3.17. The highest BCUT2D eigenvalue weighted by Gasteiger charge is 2.12. The minimum absolute atomic E-state index is 0.412. The van der Waals surface area contributed by atoms with Gasteiger partial charge in [-0.25, -0.2) is 0 Å². The van der Waals surface area contributed by atoms with Crippen LogP contribution in [0.1, 0.15) is 19.4 Å². The average molecular weight is 180 g/mol. The lowest BCUT2D eigenvalue weighted by Crippen LogP contribution is -2.10. The first-order chi connectivity index (χ1) is 6.20. The predicted molar refractivity (Wildman–Crippen MR) is 55.4 cm³/mol. The summed E-state index contributed by atoms with van der Waals surface area (Å²) in [7, 11) is 3.67. The molecule has 13 heavy (non-hydrogen) atoms. The molecule has 0 bridgehead atoms. The van der Waals surface area contributed by atoms with E-state index in [-0.39, 0.29) is 0 Å². The van der Waals surface area contributed by atoms with Crippen molar-refractivity contribution in [3.8, 4) is 0 Å². The van der Waals surface area contributed by atoms with E-state index in [9.17, 15) is 0 Å². The number of H-pyrrole nitrogens is 1. The lowest BCUT2D eigenvalue weighted by Gasteiger charge is -2.08. The fourth-order valence-electron chi connectivity index (χ4n) is 1.36. The van der Waals surface area contributed by atoms with Crippen molar-refractivity contribution in [2.24, 2.45) is 10.9 Å². The maximum absolute atomic E-state index is 4.26. The topological polar surface area (TPSA) is 53.1 Å². The number of hydrogen-bond acceptors (Lipinski definition) is 3. The SMILES string of the molecule is C/N=C(\c1cn[nH]c1NC)C(C)C. The Bertz CT molecular complexity index is 298. The maximum Gasteiger partial charge on any atom is 0.130 e. The van der Waals surface area contributed by atoms with Crippen molar-refractivity contribution in [2.45, 2.75) is 13.8 Å². The molecule has 0 saturated carbocycles. The number of rotatable bonds is 3. The van der Waals surface area contributed by atoms with Gasteiger partial charge in [0.25, 0.3) is 0 Å². The number of nitrogens with zero attached hydrogens (tertiary/aromatic N) is 2. The first-order valence-electron chi connectivity index (χ1n) is 4.38. The van der Waals surface area contributed by atoms with Gasteiger partial charge < -0.3 is 5.32 Å². The molecular weight excluding hydrogens is 164 g/mol. The van der Waals surface area contributed by atoms with E-state index in [0.29, 0.717) is 5.92 Å². The molecule has 0 aliphatic carbocycles. The van der Waals surface area contributed by atoms with Crippen molar-refractivity contribution in [3.63, 3.8) is 0 Å². The minimum atomic E-state index is 0.412. The average Bonchev–Trinajstić information content (AvgIpc) is 2.53.